The Morgan fingerprint density at radius 3 is 2.89 bits per heavy atom. The van der Waals surface area contributed by atoms with Gasteiger partial charge in [-0.15, -0.1) is 0 Å². The first-order chi connectivity index (χ1) is 8.66. The number of benzene rings is 1. The van der Waals surface area contributed by atoms with Crippen molar-refractivity contribution >= 4 is 28.5 Å². The first-order valence-electron chi connectivity index (χ1n) is 5.49. The third kappa shape index (κ3) is 1.62. The lowest BCUT2D eigenvalue weighted by Crippen LogP contribution is -1.96. The van der Waals surface area contributed by atoms with E-state index < -0.39 is 0 Å². The quantitative estimate of drug-likeness (QED) is 0.730. The molecule has 4 nitrogen and oxygen atoms in total. The minimum atomic E-state index is 0.224. The molecule has 18 heavy (non-hydrogen) atoms. The van der Waals surface area contributed by atoms with Crippen LogP contribution in [0.5, 0.6) is 0 Å². The number of fused-ring (bicyclic) bond motifs is 1. The molecule has 0 radical (unpaired) electrons. The van der Waals surface area contributed by atoms with Crippen molar-refractivity contribution in [3.05, 3.63) is 41.7 Å². The van der Waals surface area contributed by atoms with Crippen LogP contribution in [0.25, 0.3) is 22.2 Å². The Kier molecular flexibility index (Phi) is 2.45. The van der Waals surface area contributed by atoms with E-state index in [1.54, 1.807) is 0 Å². The van der Waals surface area contributed by atoms with Crippen molar-refractivity contribution in [2.75, 3.05) is 5.73 Å². The summed E-state index contributed by atoms with van der Waals surface area (Å²) in [4.78, 5) is 8.11. The Balaban J connectivity index is 2.35. The van der Waals surface area contributed by atoms with Crippen LogP contribution in [0.1, 0.15) is 0 Å². The minimum Gasteiger partial charge on any atom is -0.368 e. The van der Waals surface area contributed by atoms with Crippen LogP contribution in [0.2, 0.25) is 5.02 Å². The van der Waals surface area contributed by atoms with Gasteiger partial charge in [0.2, 0.25) is 5.95 Å². The number of para-hydroxylation sites is 1. The van der Waals surface area contributed by atoms with E-state index in [1.165, 1.54) is 6.20 Å². The molecule has 0 bridgehead atoms. The SMILES string of the molecule is Cn1cc(-c2nc(N)ncc2Cl)c2ccccc21. The maximum atomic E-state index is 6.15. The molecule has 3 rings (SSSR count). The average Bonchev–Trinajstić information content (AvgIpc) is 2.71. The molecular formula is C13H11ClN4. The Hall–Kier alpha value is -2.07. The predicted octanol–water partition coefficient (Wildman–Crippen LogP) is 2.87. The normalized spacial score (nSPS) is 11.0. The second-order valence-electron chi connectivity index (χ2n) is 4.10. The van der Waals surface area contributed by atoms with Gasteiger partial charge in [-0.25, -0.2) is 9.97 Å². The molecule has 5 heteroatoms. The van der Waals surface area contributed by atoms with Crippen molar-refractivity contribution in [2.24, 2.45) is 7.05 Å². The predicted molar refractivity (Wildman–Crippen MR) is 73.4 cm³/mol. The average molecular weight is 259 g/mol. The zero-order valence-corrected chi connectivity index (χ0v) is 10.5. The Labute approximate surface area is 109 Å². The van der Waals surface area contributed by atoms with Gasteiger partial charge in [-0.1, -0.05) is 29.8 Å². The van der Waals surface area contributed by atoms with Crippen molar-refractivity contribution in [1.82, 2.24) is 14.5 Å². The van der Waals surface area contributed by atoms with Crippen LogP contribution in [0.3, 0.4) is 0 Å². The molecule has 0 saturated heterocycles. The summed E-state index contributed by atoms with van der Waals surface area (Å²) in [6.07, 6.45) is 3.53. The summed E-state index contributed by atoms with van der Waals surface area (Å²) in [5.74, 6) is 0.224. The highest BCUT2D eigenvalue weighted by atomic mass is 35.5. The van der Waals surface area contributed by atoms with Gasteiger partial charge in [0.25, 0.3) is 0 Å². The van der Waals surface area contributed by atoms with Crippen LogP contribution in [0, 0.1) is 0 Å². The number of nitrogens with zero attached hydrogens (tertiary/aromatic N) is 3. The molecule has 0 amide bonds. The molecular weight excluding hydrogens is 248 g/mol. The van der Waals surface area contributed by atoms with Crippen LogP contribution >= 0.6 is 11.6 Å². The Morgan fingerprint density at radius 1 is 1.28 bits per heavy atom. The molecule has 0 atom stereocenters. The molecule has 1 aromatic carbocycles. The summed E-state index contributed by atoms with van der Waals surface area (Å²) in [5, 5.41) is 1.60. The Bertz CT molecular complexity index is 733. The van der Waals surface area contributed by atoms with E-state index in [1.807, 2.05) is 36.0 Å². The molecule has 0 fully saturated rings. The van der Waals surface area contributed by atoms with Gasteiger partial charge in [0.1, 0.15) is 0 Å². The van der Waals surface area contributed by atoms with Crippen LogP contribution < -0.4 is 5.73 Å². The third-order valence-corrected chi connectivity index (χ3v) is 3.19. The fourth-order valence-corrected chi connectivity index (χ4v) is 2.29. The molecule has 0 aliphatic heterocycles. The zero-order valence-electron chi connectivity index (χ0n) is 9.76. The molecule has 2 N–H and O–H groups in total. The summed E-state index contributed by atoms with van der Waals surface area (Å²) < 4.78 is 2.04. The molecule has 0 saturated carbocycles. The summed E-state index contributed by atoms with van der Waals surface area (Å²) in [5.41, 5.74) is 8.39. The molecule has 3 aromatic rings. The fourth-order valence-electron chi connectivity index (χ4n) is 2.10. The van der Waals surface area contributed by atoms with E-state index in [0.29, 0.717) is 10.7 Å². The van der Waals surface area contributed by atoms with Gasteiger partial charge in [0.05, 0.1) is 16.9 Å². The van der Waals surface area contributed by atoms with Crippen molar-refractivity contribution < 1.29 is 0 Å². The topological polar surface area (TPSA) is 56.7 Å². The van der Waals surface area contributed by atoms with Crippen LogP contribution in [0.15, 0.2) is 36.7 Å². The molecule has 0 unspecified atom stereocenters. The fraction of sp³-hybridized carbons (Fsp3) is 0.0769. The smallest absolute Gasteiger partial charge is 0.220 e. The number of rotatable bonds is 1. The van der Waals surface area contributed by atoms with Crippen LogP contribution in [0.4, 0.5) is 5.95 Å². The van der Waals surface area contributed by atoms with E-state index in [4.69, 9.17) is 17.3 Å². The van der Waals surface area contributed by atoms with E-state index in [0.717, 1.165) is 16.5 Å². The highest BCUT2D eigenvalue weighted by molar-refractivity contribution is 6.33. The van der Waals surface area contributed by atoms with Gasteiger partial charge in [-0.2, -0.15) is 0 Å². The summed E-state index contributed by atoms with van der Waals surface area (Å²) in [6, 6.07) is 8.09. The van der Waals surface area contributed by atoms with Crippen molar-refractivity contribution in [1.29, 1.82) is 0 Å². The molecule has 2 aromatic heterocycles. The lowest BCUT2D eigenvalue weighted by Gasteiger charge is -2.02. The molecule has 0 spiro atoms. The second kappa shape index (κ2) is 3.99. The second-order valence-corrected chi connectivity index (χ2v) is 4.50. The first-order valence-corrected chi connectivity index (χ1v) is 5.87. The zero-order chi connectivity index (χ0) is 12.7. The standard InChI is InChI=1S/C13H11ClN4/c1-18-7-9(8-4-2-3-5-11(8)18)12-10(14)6-16-13(15)17-12/h2-7H,1H3,(H2,15,16,17). The summed E-state index contributed by atoms with van der Waals surface area (Å²) >= 11 is 6.15. The highest BCUT2D eigenvalue weighted by Gasteiger charge is 2.13. The van der Waals surface area contributed by atoms with Crippen LogP contribution in [-0.4, -0.2) is 14.5 Å². The number of hydrogen-bond acceptors (Lipinski definition) is 3. The lowest BCUT2D eigenvalue weighted by molar-refractivity contribution is 0.969. The van der Waals surface area contributed by atoms with Crippen molar-refractivity contribution in [3.8, 4) is 11.3 Å². The van der Waals surface area contributed by atoms with E-state index in [9.17, 15) is 0 Å². The number of nitrogens with two attached hydrogens (primary N) is 1. The van der Waals surface area contributed by atoms with E-state index in [-0.39, 0.29) is 5.95 Å². The number of anilines is 1. The summed E-state index contributed by atoms with van der Waals surface area (Å²) in [6.45, 7) is 0. The molecule has 0 aliphatic carbocycles. The molecule has 90 valence electrons. The van der Waals surface area contributed by atoms with Gasteiger partial charge < -0.3 is 10.3 Å². The largest absolute Gasteiger partial charge is 0.368 e. The number of aryl methyl sites for hydroxylation is 1. The van der Waals surface area contributed by atoms with Crippen LogP contribution in [-0.2, 0) is 7.05 Å². The summed E-state index contributed by atoms with van der Waals surface area (Å²) in [7, 11) is 1.99. The number of hydrogen-bond donors (Lipinski definition) is 1. The monoisotopic (exact) mass is 258 g/mol. The van der Waals surface area contributed by atoms with Gasteiger partial charge in [-0.05, 0) is 6.07 Å². The maximum Gasteiger partial charge on any atom is 0.220 e. The maximum absolute atomic E-state index is 6.15. The highest BCUT2D eigenvalue weighted by Crippen LogP contribution is 2.32. The van der Waals surface area contributed by atoms with Gasteiger partial charge >= 0.3 is 0 Å². The van der Waals surface area contributed by atoms with Crippen molar-refractivity contribution in [3.63, 3.8) is 0 Å². The number of nitrogen functional groups attached to an aromatic ring is 1. The van der Waals surface area contributed by atoms with Gasteiger partial charge in [0, 0.05) is 29.7 Å². The molecule has 0 aliphatic rings. The molecule has 2 heterocycles. The van der Waals surface area contributed by atoms with Gasteiger partial charge in [0.15, 0.2) is 0 Å². The Morgan fingerprint density at radius 2 is 2.06 bits per heavy atom. The number of halogens is 1. The third-order valence-electron chi connectivity index (χ3n) is 2.91. The lowest BCUT2D eigenvalue weighted by atomic mass is 10.1. The minimum absolute atomic E-state index is 0.224. The first kappa shape index (κ1) is 11.0. The van der Waals surface area contributed by atoms with Gasteiger partial charge in [-0.3, -0.25) is 0 Å². The van der Waals surface area contributed by atoms with E-state index >= 15 is 0 Å². The number of aromatic nitrogens is 3. The van der Waals surface area contributed by atoms with E-state index in [2.05, 4.69) is 16.0 Å². The van der Waals surface area contributed by atoms with Crippen molar-refractivity contribution in [2.45, 2.75) is 0 Å².